The maximum absolute atomic E-state index is 12.5. The Morgan fingerprint density at radius 1 is 1.58 bits per heavy atom. The van der Waals surface area contributed by atoms with Gasteiger partial charge in [0.2, 0.25) is 10.0 Å². The Labute approximate surface area is 112 Å². The highest BCUT2D eigenvalue weighted by Gasteiger charge is 2.30. The normalized spacial score (nSPS) is 21.3. The average Bonchev–Trinajstić information content (AvgIpc) is 2.47. The van der Waals surface area contributed by atoms with Gasteiger partial charge in [-0.3, -0.25) is 0 Å². The number of piperidine rings is 1. The fourth-order valence-corrected chi connectivity index (χ4v) is 3.64. The molecule has 0 aliphatic carbocycles. The number of methoxy groups -OCH3 is 1. The van der Waals surface area contributed by atoms with E-state index in [0.29, 0.717) is 18.9 Å². The monoisotopic (exact) mass is 286 g/mol. The Kier molecular flexibility index (Phi) is 4.35. The zero-order chi connectivity index (χ0) is 13.9. The molecule has 3 N–H and O–H groups in total. The first-order chi connectivity index (χ1) is 9.07. The quantitative estimate of drug-likeness (QED) is 0.605. The van der Waals surface area contributed by atoms with Crippen LogP contribution < -0.4 is 11.3 Å². The van der Waals surface area contributed by atoms with Crippen LogP contribution in [0.4, 0.5) is 5.82 Å². The van der Waals surface area contributed by atoms with E-state index in [1.165, 1.54) is 22.6 Å². The molecule has 1 aliphatic rings. The minimum absolute atomic E-state index is 0.0440. The van der Waals surface area contributed by atoms with Gasteiger partial charge in [-0.15, -0.1) is 0 Å². The number of ether oxygens (including phenoxy) is 1. The van der Waals surface area contributed by atoms with E-state index in [9.17, 15) is 8.42 Å². The zero-order valence-electron chi connectivity index (χ0n) is 10.7. The van der Waals surface area contributed by atoms with Crippen molar-refractivity contribution in [2.24, 2.45) is 5.84 Å². The maximum Gasteiger partial charge on any atom is 0.243 e. The number of nitrogens with two attached hydrogens (primary N) is 1. The lowest BCUT2D eigenvalue weighted by Gasteiger charge is -2.31. The van der Waals surface area contributed by atoms with E-state index >= 15 is 0 Å². The third-order valence-corrected chi connectivity index (χ3v) is 5.05. The lowest BCUT2D eigenvalue weighted by Crippen LogP contribution is -2.42. The van der Waals surface area contributed by atoms with E-state index in [-0.39, 0.29) is 11.0 Å². The summed E-state index contributed by atoms with van der Waals surface area (Å²) in [6.45, 7) is 0.891. The highest BCUT2D eigenvalue weighted by molar-refractivity contribution is 7.89. The van der Waals surface area contributed by atoms with Crippen LogP contribution in [0.3, 0.4) is 0 Å². The Bertz CT molecular complexity index is 534. The molecule has 1 fully saturated rings. The van der Waals surface area contributed by atoms with Crippen LogP contribution in [0.25, 0.3) is 0 Å². The Morgan fingerprint density at radius 3 is 3.05 bits per heavy atom. The summed E-state index contributed by atoms with van der Waals surface area (Å²) >= 11 is 0. The summed E-state index contributed by atoms with van der Waals surface area (Å²) in [5.41, 5.74) is 2.34. The van der Waals surface area contributed by atoms with Crippen LogP contribution >= 0.6 is 0 Å². The molecule has 1 aromatic heterocycles. The maximum atomic E-state index is 12.5. The molecule has 1 unspecified atom stereocenters. The summed E-state index contributed by atoms with van der Waals surface area (Å²) in [4.78, 5) is 4.09. The third kappa shape index (κ3) is 3.03. The molecule has 0 radical (unpaired) electrons. The van der Waals surface area contributed by atoms with E-state index in [1.54, 1.807) is 7.11 Å². The number of aromatic nitrogens is 1. The van der Waals surface area contributed by atoms with Gasteiger partial charge in [-0.05, 0) is 18.9 Å². The fraction of sp³-hybridized carbons (Fsp3) is 0.545. The second-order valence-corrected chi connectivity index (χ2v) is 6.32. The summed E-state index contributed by atoms with van der Waals surface area (Å²) in [7, 11) is -1.92. The first kappa shape index (κ1) is 14.2. The molecule has 1 aliphatic heterocycles. The topological polar surface area (TPSA) is 97.5 Å². The van der Waals surface area contributed by atoms with E-state index in [2.05, 4.69) is 10.4 Å². The molecule has 2 rings (SSSR count). The van der Waals surface area contributed by atoms with E-state index < -0.39 is 10.0 Å². The zero-order valence-corrected chi connectivity index (χ0v) is 11.6. The van der Waals surface area contributed by atoms with Crippen molar-refractivity contribution in [1.29, 1.82) is 0 Å². The predicted octanol–water partition coefficient (Wildman–Crippen LogP) is 0.167. The van der Waals surface area contributed by atoms with E-state index in [4.69, 9.17) is 10.6 Å². The number of hydrogen-bond acceptors (Lipinski definition) is 6. The number of pyridine rings is 1. The molecule has 1 saturated heterocycles. The van der Waals surface area contributed by atoms with E-state index in [1.807, 2.05) is 0 Å². The standard InChI is InChI=1S/C11H18N4O3S/c1-18-9-3-2-6-15(8-9)19(16,17)10-4-5-13-11(7-10)14-12/h4-5,7,9H,2-3,6,8,12H2,1H3,(H,13,14). The molecule has 19 heavy (non-hydrogen) atoms. The van der Waals surface area contributed by atoms with Crippen LogP contribution in [-0.2, 0) is 14.8 Å². The fourth-order valence-electron chi connectivity index (χ4n) is 2.12. The number of anilines is 1. The van der Waals surface area contributed by atoms with Gasteiger partial charge in [0, 0.05) is 32.5 Å². The van der Waals surface area contributed by atoms with Gasteiger partial charge in [0.1, 0.15) is 5.82 Å². The Morgan fingerprint density at radius 2 is 2.37 bits per heavy atom. The summed E-state index contributed by atoms with van der Waals surface area (Å²) < 4.78 is 31.7. The molecule has 1 aromatic rings. The largest absolute Gasteiger partial charge is 0.380 e. The van der Waals surface area contributed by atoms with Crippen molar-refractivity contribution in [1.82, 2.24) is 9.29 Å². The second-order valence-electron chi connectivity index (χ2n) is 4.38. The van der Waals surface area contributed by atoms with Gasteiger partial charge in [0.25, 0.3) is 0 Å². The first-order valence-corrected chi connectivity index (χ1v) is 7.47. The van der Waals surface area contributed by atoms with Crippen LogP contribution in [0, 0.1) is 0 Å². The van der Waals surface area contributed by atoms with Crippen molar-refractivity contribution in [3.63, 3.8) is 0 Å². The van der Waals surface area contributed by atoms with Crippen molar-refractivity contribution >= 4 is 15.8 Å². The van der Waals surface area contributed by atoms with Crippen molar-refractivity contribution in [2.75, 3.05) is 25.6 Å². The molecular formula is C11H18N4O3S. The van der Waals surface area contributed by atoms with Gasteiger partial charge in [0.05, 0.1) is 11.0 Å². The highest BCUT2D eigenvalue weighted by atomic mass is 32.2. The molecule has 7 nitrogen and oxygen atoms in total. The molecule has 1 atom stereocenters. The Hall–Kier alpha value is -1.22. The molecule has 0 spiro atoms. The van der Waals surface area contributed by atoms with Crippen LogP contribution in [0.5, 0.6) is 0 Å². The highest BCUT2D eigenvalue weighted by Crippen LogP contribution is 2.22. The Balaban J connectivity index is 2.25. The second kappa shape index (κ2) is 5.83. The smallest absolute Gasteiger partial charge is 0.243 e. The third-order valence-electron chi connectivity index (χ3n) is 3.19. The van der Waals surface area contributed by atoms with Crippen molar-refractivity contribution in [2.45, 2.75) is 23.8 Å². The number of hydrazine groups is 1. The first-order valence-electron chi connectivity index (χ1n) is 6.03. The molecule has 2 heterocycles. The number of hydrogen-bond donors (Lipinski definition) is 2. The number of sulfonamides is 1. The van der Waals surface area contributed by atoms with Gasteiger partial charge in [-0.25, -0.2) is 19.2 Å². The molecule has 106 valence electrons. The van der Waals surface area contributed by atoms with Crippen molar-refractivity contribution in [3.05, 3.63) is 18.3 Å². The number of nitrogens with zero attached hydrogens (tertiary/aromatic N) is 2. The number of rotatable bonds is 4. The SMILES string of the molecule is COC1CCCN(S(=O)(=O)c2ccnc(NN)c2)C1. The van der Waals surface area contributed by atoms with Crippen molar-refractivity contribution < 1.29 is 13.2 Å². The molecule has 0 saturated carbocycles. The van der Waals surface area contributed by atoms with Gasteiger partial charge in [-0.2, -0.15) is 4.31 Å². The lowest BCUT2D eigenvalue weighted by atomic mass is 10.1. The average molecular weight is 286 g/mol. The summed E-state index contributed by atoms with van der Waals surface area (Å²) in [6.07, 6.45) is 3.05. The number of nitrogens with one attached hydrogen (secondary N) is 1. The predicted molar refractivity (Wildman–Crippen MR) is 70.8 cm³/mol. The molecule has 8 heteroatoms. The number of nitrogen functional groups attached to an aromatic ring is 1. The minimum Gasteiger partial charge on any atom is -0.380 e. The van der Waals surface area contributed by atoms with Crippen LogP contribution in [0.1, 0.15) is 12.8 Å². The minimum atomic E-state index is -3.52. The van der Waals surface area contributed by atoms with E-state index in [0.717, 1.165) is 12.8 Å². The van der Waals surface area contributed by atoms with Crippen LogP contribution in [-0.4, -0.2) is 44.0 Å². The molecule has 0 bridgehead atoms. The molecule has 0 aromatic carbocycles. The van der Waals surface area contributed by atoms with Gasteiger partial charge in [-0.1, -0.05) is 0 Å². The van der Waals surface area contributed by atoms with Crippen LogP contribution in [0.15, 0.2) is 23.2 Å². The summed E-state index contributed by atoms with van der Waals surface area (Å²) in [6, 6.07) is 2.89. The van der Waals surface area contributed by atoms with Crippen LogP contribution in [0.2, 0.25) is 0 Å². The van der Waals surface area contributed by atoms with Crippen molar-refractivity contribution in [3.8, 4) is 0 Å². The van der Waals surface area contributed by atoms with Gasteiger partial charge in [0.15, 0.2) is 0 Å². The lowest BCUT2D eigenvalue weighted by molar-refractivity contribution is 0.0572. The molecule has 0 amide bonds. The summed E-state index contributed by atoms with van der Waals surface area (Å²) in [5.74, 6) is 5.56. The van der Waals surface area contributed by atoms with Gasteiger partial charge >= 0.3 is 0 Å². The molecular weight excluding hydrogens is 268 g/mol. The van der Waals surface area contributed by atoms with Gasteiger partial charge < -0.3 is 10.2 Å². The summed E-state index contributed by atoms with van der Waals surface area (Å²) in [5, 5.41) is 0.